The predicted molar refractivity (Wildman–Crippen MR) is 97.9 cm³/mol. The number of ketones is 1. The van der Waals surface area contributed by atoms with E-state index >= 15 is 0 Å². The molecule has 1 saturated heterocycles. The molecule has 0 aromatic heterocycles. The number of benzene rings is 1. The minimum absolute atomic E-state index is 0.128. The Morgan fingerprint density at radius 2 is 1.82 bits per heavy atom. The number of anilines is 1. The first kappa shape index (κ1) is 22.2. The number of rotatable bonds is 9. The molecule has 28 heavy (non-hydrogen) atoms. The van der Waals surface area contributed by atoms with E-state index in [9.17, 15) is 32.8 Å². The van der Waals surface area contributed by atoms with Crippen LogP contribution in [-0.2, 0) is 9.59 Å². The van der Waals surface area contributed by atoms with Gasteiger partial charge in [-0.2, -0.15) is 0 Å². The number of hydrogen-bond acceptors (Lipinski definition) is 5. The Kier molecular flexibility index (Phi) is 7.48. The monoisotopic (exact) mass is 400 g/mol. The SMILES string of the molecule is CC(C)CC(NC(=O)CCC(=O)[C@@H]1CCN1c1cc(F)c(F)cc1F)B(O)O. The van der Waals surface area contributed by atoms with Crippen LogP contribution in [0.3, 0.4) is 0 Å². The third kappa shape index (κ3) is 5.48. The number of nitrogens with one attached hydrogen (secondary N) is 1. The molecule has 1 aliphatic heterocycles. The van der Waals surface area contributed by atoms with E-state index in [-0.39, 0.29) is 30.2 Å². The highest BCUT2D eigenvalue weighted by Gasteiger charge is 2.36. The van der Waals surface area contributed by atoms with Crippen LogP contribution in [0.4, 0.5) is 18.9 Å². The molecular formula is C18H24BF3N2O4. The van der Waals surface area contributed by atoms with E-state index in [1.54, 1.807) is 0 Å². The van der Waals surface area contributed by atoms with Crippen LogP contribution in [0, 0.1) is 23.4 Å². The highest BCUT2D eigenvalue weighted by molar-refractivity contribution is 6.43. The lowest BCUT2D eigenvalue weighted by molar-refractivity contribution is -0.126. The summed E-state index contributed by atoms with van der Waals surface area (Å²) >= 11 is 0. The summed E-state index contributed by atoms with van der Waals surface area (Å²) in [5.41, 5.74) is -0.187. The summed E-state index contributed by atoms with van der Waals surface area (Å²) in [6.45, 7) is 4.05. The van der Waals surface area contributed by atoms with E-state index in [1.165, 1.54) is 4.90 Å². The summed E-state index contributed by atoms with van der Waals surface area (Å²) < 4.78 is 40.4. The maximum atomic E-state index is 13.9. The second kappa shape index (κ2) is 9.42. The van der Waals surface area contributed by atoms with Crippen molar-refractivity contribution in [1.82, 2.24) is 5.32 Å². The predicted octanol–water partition coefficient (Wildman–Crippen LogP) is 1.57. The maximum Gasteiger partial charge on any atom is 0.475 e. The van der Waals surface area contributed by atoms with Gasteiger partial charge in [-0.25, -0.2) is 13.2 Å². The van der Waals surface area contributed by atoms with Gasteiger partial charge in [0.15, 0.2) is 17.4 Å². The van der Waals surface area contributed by atoms with E-state index < -0.39 is 42.5 Å². The average molecular weight is 400 g/mol. The Bertz CT molecular complexity index is 733. The van der Waals surface area contributed by atoms with Crippen LogP contribution < -0.4 is 10.2 Å². The molecule has 154 valence electrons. The molecular weight excluding hydrogens is 376 g/mol. The van der Waals surface area contributed by atoms with Crippen LogP contribution >= 0.6 is 0 Å². The molecule has 6 nitrogen and oxygen atoms in total. The quantitative estimate of drug-likeness (QED) is 0.433. The molecule has 0 radical (unpaired) electrons. The van der Waals surface area contributed by atoms with Gasteiger partial charge in [0.05, 0.1) is 17.7 Å². The van der Waals surface area contributed by atoms with E-state index in [4.69, 9.17) is 0 Å². The molecule has 1 aromatic rings. The molecule has 2 rings (SSSR count). The molecule has 1 unspecified atom stereocenters. The van der Waals surface area contributed by atoms with Crippen molar-refractivity contribution in [3.05, 3.63) is 29.6 Å². The Hall–Kier alpha value is -2.07. The molecule has 1 aromatic carbocycles. The Labute approximate surface area is 161 Å². The number of carbonyl (C=O) groups excluding carboxylic acids is 2. The van der Waals surface area contributed by atoms with Gasteiger partial charge in [0.25, 0.3) is 0 Å². The van der Waals surface area contributed by atoms with Gasteiger partial charge in [-0.15, -0.1) is 0 Å². The van der Waals surface area contributed by atoms with Crippen LogP contribution in [0.1, 0.15) is 39.5 Å². The van der Waals surface area contributed by atoms with Gasteiger partial charge >= 0.3 is 7.12 Å². The fraction of sp³-hybridized carbons (Fsp3) is 0.556. The standard InChI is InChI=1S/C18H24BF3N2O4/c1-10(2)7-17(19(27)28)23-18(26)4-3-16(25)14-5-6-24(14)15-9-12(21)11(20)8-13(15)22/h8-10,14,17,27-28H,3-7H2,1-2H3,(H,23,26)/t14-,17?/m0/s1. The summed E-state index contributed by atoms with van der Waals surface area (Å²) in [7, 11) is -1.71. The van der Waals surface area contributed by atoms with Gasteiger partial charge < -0.3 is 20.3 Å². The van der Waals surface area contributed by atoms with Crippen LogP contribution in [0.25, 0.3) is 0 Å². The van der Waals surface area contributed by atoms with Crippen molar-refractivity contribution < 1.29 is 32.8 Å². The minimum atomic E-state index is -1.71. The van der Waals surface area contributed by atoms with Crippen LogP contribution in [-0.4, -0.2) is 47.4 Å². The lowest BCUT2D eigenvalue weighted by Crippen LogP contribution is -2.53. The highest BCUT2D eigenvalue weighted by atomic mass is 19.2. The van der Waals surface area contributed by atoms with E-state index in [0.717, 1.165) is 6.07 Å². The molecule has 0 saturated carbocycles. The first-order chi connectivity index (χ1) is 13.1. The van der Waals surface area contributed by atoms with Crippen LogP contribution in [0.5, 0.6) is 0 Å². The zero-order chi connectivity index (χ0) is 21.0. The fourth-order valence-corrected chi connectivity index (χ4v) is 3.19. The zero-order valence-electron chi connectivity index (χ0n) is 15.8. The Morgan fingerprint density at radius 1 is 1.18 bits per heavy atom. The average Bonchev–Trinajstić information content (AvgIpc) is 2.55. The highest BCUT2D eigenvalue weighted by Crippen LogP contribution is 2.31. The van der Waals surface area contributed by atoms with Gasteiger partial charge in [-0.3, -0.25) is 9.59 Å². The number of hydrogen-bond donors (Lipinski definition) is 3. The van der Waals surface area contributed by atoms with Crippen molar-refractivity contribution in [2.45, 2.75) is 51.5 Å². The van der Waals surface area contributed by atoms with Crippen molar-refractivity contribution >= 4 is 24.5 Å². The minimum Gasteiger partial charge on any atom is -0.426 e. The van der Waals surface area contributed by atoms with Gasteiger partial charge in [0.2, 0.25) is 5.91 Å². The van der Waals surface area contributed by atoms with Crippen LogP contribution in [0.2, 0.25) is 0 Å². The fourth-order valence-electron chi connectivity index (χ4n) is 3.19. The Morgan fingerprint density at radius 3 is 2.36 bits per heavy atom. The summed E-state index contributed by atoms with van der Waals surface area (Å²) in [4.78, 5) is 25.7. The maximum absolute atomic E-state index is 13.9. The summed E-state index contributed by atoms with van der Waals surface area (Å²) in [6, 6.07) is 0.449. The molecule has 3 N–H and O–H groups in total. The number of nitrogens with zero attached hydrogens (tertiary/aromatic N) is 1. The van der Waals surface area contributed by atoms with Gasteiger partial charge in [0.1, 0.15) is 5.82 Å². The van der Waals surface area contributed by atoms with Crippen molar-refractivity contribution in [2.75, 3.05) is 11.4 Å². The van der Waals surface area contributed by atoms with E-state index in [0.29, 0.717) is 25.5 Å². The number of carbonyl (C=O) groups is 2. The summed E-state index contributed by atoms with van der Waals surface area (Å²) in [5, 5.41) is 21.1. The largest absolute Gasteiger partial charge is 0.475 e. The molecule has 1 amide bonds. The summed E-state index contributed by atoms with van der Waals surface area (Å²) in [5.74, 6) is -4.99. The first-order valence-electron chi connectivity index (χ1n) is 9.19. The van der Waals surface area contributed by atoms with Crippen molar-refractivity contribution in [3.8, 4) is 0 Å². The molecule has 1 heterocycles. The third-order valence-electron chi connectivity index (χ3n) is 4.72. The normalized spacial score (nSPS) is 17.3. The number of Topliss-reactive ketones (excluding diaryl/α,β-unsaturated/α-hetero) is 1. The summed E-state index contributed by atoms with van der Waals surface area (Å²) in [6.07, 6.45) is 0.492. The van der Waals surface area contributed by atoms with E-state index in [1.807, 2.05) is 13.8 Å². The molecule has 10 heteroatoms. The lowest BCUT2D eigenvalue weighted by atomic mass is 9.75. The smallest absolute Gasteiger partial charge is 0.426 e. The van der Waals surface area contributed by atoms with Gasteiger partial charge in [-0.05, 0) is 18.8 Å². The molecule has 0 bridgehead atoms. The molecule has 0 aliphatic carbocycles. The number of halogens is 3. The van der Waals surface area contributed by atoms with Gasteiger partial charge in [0, 0.05) is 31.5 Å². The van der Waals surface area contributed by atoms with Gasteiger partial charge in [-0.1, -0.05) is 13.8 Å². The Balaban J connectivity index is 1.91. The molecule has 1 aliphatic rings. The van der Waals surface area contributed by atoms with Crippen molar-refractivity contribution in [3.63, 3.8) is 0 Å². The lowest BCUT2D eigenvalue weighted by Gasteiger charge is -2.42. The second-order valence-electron chi connectivity index (χ2n) is 7.40. The van der Waals surface area contributed by atoms with Crippen LogP contribution in [0.15, 0.2) is 12.1 Å². The molecule has 1 fully saturated rings. The van der Waals surface area contributed by atoms with E-state index in [2.05, 4.69) is 5.32 Å². The topological polar surface area (TPSA) is 89.9 Å². The van der Waals surface area contributed by atoms with Crippen molar-refractivity contribution in [2.24, 2.45) is 5.92 Å². The first-order valence-corrected chi connectivity index (χ1v) is 9.19. The molecule has 0 spiro atoms. The van der Waals surface area contributed by atoms with Crippen molar-refractivity contribution in [1.29, 1.82) is 0 Å². The molecule has 2 atom stereocenters. The number of amides is 1. The second-order valence-corrected chi connectivity index (χ2v) is 7.40. The third-order valence-corrected chi connectivity index (χ3v) is 4.72. The zero-order valence-corrected chi connectivity index (χ0v) is 15.8.